The Balaban J connectivity index is 1.91. The van der Waals surface area contributed by atoms with E-state index < -0.39 is 6.10 Å². The van der Waals surface area contributed by atoms with Gasteiger partial charge < -0.3 is 5.11 Å². The summed E-state index contributed by atoms with van der Waals surface area (Å²) in [6.45, 7) is 1.99. The van der Waals surface area contributed by atoms with Crippen molar-refractivity contribution in [1.29, 1.82) is 0 Å². The minimum absolute atomic E-state index is 0.573. The average molecular weight is 239 g/mol. The Kier molecular flexibility index (Phi) is 2.88. The van der Waals surface area contributed by atoms with Crippen molar-refractivity contribution in [3.63, 3.8) is 0 Å². The van der Waals surface area contributed by atoms with Crippen molar-refractivity contribution in [3.05, 3.63) is 65.0 Å². The Hall–Kier alpha value is -1.67. The molecule has 18 heavy (non-hydrogen) atoms. The Morgan fingerprint density at radius 2 is 2.00 bits per heavy atom. The van der Waals surface area contributed by atoms with Crippen LogP contribution in [0.2, 0.25) is 0 Å². The van der Waals surface area contributed by atoms with E-state index in [0.29, 0.717) is 5.92 Å². The van der Waals surface area contributed by atoms with Crippen LogP contribution in [0.25, 0.3) is 0 Å². The summed E-state index contributed by atoms with van der Waals surface area (Å²) in [7, 11) is 0. The predicted octanol–water partition coefficient (Wildman–Crippen LogP) is 3.35. The monoisotopic (exact) mass is 239 g/mol. The van der Waals surface area contributed by atoms with Crippen molar-refractivity contribution in [2.75, 3.05) is 0 Å². The highest BCUT2D eigenvalue weighted by Gasteiger charge is 2.24. The van der Waals surface area contributed by atoms with E-state index in [1.165, 1.54) is 18.4 Å². The van der Waals surface area contributed by atoms with Gasteiger partial charge in [-0.1, -0.05) is 30.3 Å². The molecule has 1 aliphatic rings. The molecule has 0 bridgehead atoms. The molecule has 0 spiro atoms. The van der Waals surface area contributed by atoms with E-state index in [2.05, 4.69) is 17.1 Å². The summed E-state index contributed by atoms with van der Waals surface area (Å²) in [6.07, 6.45) is 5.53. The minimum atomic E-state index is -0.573. The zero-order chi connectivity index (χ0) is 12.5. The van der Waals surface area contributed by atoms with Gasteiger partial charge in [0.1, 0.15) is 6.10 Å². The Bertz CT molecular complexity index is 561. The molecular formula is C16H17NO. The number of hydrogen-bond donors (Lipinski definition) is 1. The zero-order valence-corrected chi connectivity index (χ0v) is 10.5. The summed E-state index contributed by atoms with van der Waals surface area (Å²) in [5.74, 6) is 0.716. The first-order chi connectivity index (χ1) is 8.74. The van der Waals surface area contributed by atoms with Crippen molar-refractivity contribution in [2.24, 2.45) is 0 Å². The van der Waals surface area contributed by atoms with Gasteiger partial charge >= 0.3 is 0 Å². The van der Waals surface area contributed by atoms with E-state index >= 15 is 0 Å². The van der Waals surface area contributed by atoms with Gasteiger partial charge in [0.25, 0.3) is 0 Å². The summed E-state index contributed by atoms with van der Waals surface area (Å²) in [5.41, 5.74) is 4.26. The molecule has 2 aromatic rings. The maximum atomic E-state index is 10.4. The third-order valence-electron chi connectivity index (χ3n) is 3.49. The number of pyridine rings is 1. The first-order valence-electron chi connectivity index (χ1n) is 6.43. The molecule has 2 nitrogen and oxygen atoms in total. The lowest BCUT2D eigenvalue weighted by Crippen LogP contribution is -2.01. The van der Waals surface area contributed by atoms with Gasteiger partial charge in [0.2, 0.25) is 0 Å². The molecule has 1 unspecified atom stereocenters. The van der Waals surface area contributed by atoms with E-state index in [4.69, 9.17) is 0 Å². The fraction of sp³-hybridized carbons (Fsp3) is 0.312. The maximum absolute atomic E-state index is 10.4. The minimum Gasteiger partial charge on any atom is -0.384 e. The van der Waals surface area contributed by atoms with Crippen LogP contribution >= 0.6 is 0 Å². The average Bonchev–Trinajstić information content (AvgIpc) is 3.22. The number of rotatable bonds is 3. The number of benzene rings is 1. The molecule has 1 aromatic heterocycles. The third-order valence-corrected chi connectivity index (χ3v) is 3.49. The van der Waals surface area contributed by atoms with Gasteiger partial charge in [-0.2, -0.15) is 0 Å². The fourth-order valence-electron chi connectivity index (χ4n) is 2.32. The van der Waals surface area contributed by atoms with E-state index in [-0.39, 0.29) is 0 Å². The van der Waals surface area contributed by atoms with Gasteiger partial charge in [-0.15, -0.1) is 0 Å². The number of aliphatic hydroxyl groups is 1. The lowest BCUT2D eigenvalue weighted by molar-refractivity contribution is 0.219. The van der Waals surface area contributed by atoms with Crippen molar-refractivity contribution in [3.8, 4) is 0 Å². The van der Waals surface area contributed by atoms with Gasteiger partial charge in [-0.3, -0.25) is 4.98 Å². The van der Waals surface area contributed by atoms with Gasteiger partial charge in [0.15, 0.2) is 0 Å². The van der Waals surface area contributed by atoms with Crippen LogP contribution < -0.4 is 0 Å². The first-order valence-corrected chi connectivity index (χ1v) is 6.43. The quantitative estimate of drug-likeness (QED) is 0.891. The fourth-order valence-corrected chi connectivity index (χ4v) is 2.32. The molecule has 0 amide bonds. The van der Waals surface area contributed by atoms with Crippen molar-refractivity contribution < 1.29 is 5.11 Å². The predicted molar refractivity (Wildman–Crippen MR) is 71.5 cm³/mol. The van der Waals surface area contributed by atoms with E-state index in [1.54, 1.807) is 12.4 Å². The lowest BCUT2D eigenvalue weighted by Gasteiger charge is -2.13. The van der Waals surface area contributed by atoms with Gasteiger partial charge in [-0.25, -0.2) is 0 Å². The Labute approximate surface area is 107 Å². The van der Waals surface area contributed by atoms with Crippen molar-refractivity contribution >= 4 is 0 Å². The summed E-state index contributed by atoms with van der Waals surface area (Å²) >= 11 is 0. The van der Waals surface area contributed by atoms with Crippen molar-refractivity contribution in [1.82, 2.24) is 4.98 Å². The molecule has 1 fully saturated rings. The van der Waals surface area contributed by atoms with Crippen LogP contribution in [-0.2, 0) is 0 Å². The molecule has 1 aromatic carbocycles. The van der Waals surface area contributed by atoms with E-state index in [9.17, 15) is 5.11 Å². The molecule has 1 atom stereocenters. The topological polar surface area (TPSA) is 33.1 Å². The largest absolute Gasteiger partial charge is 0.384 e. The zero-order valence-electron chi connectivity index (χ0n) is 10.5. The highest BCUT2D eigenvalue weighted by molar-refractivity contribution is 5.35. The van der Waals surface area contributed by atoms with Gasteiger partial charge in [-0.05, 0) is 42.4 Å². The van der Waals surface area contributed by atoms with Crippen LogP contribution in [0.5, 0.6) is 0 Å². The smallest absolute Gasteiger partial charge is 0.106 e. The SMILES string of the molecule is Cc1cncc(C(O)c2cccc(C3CC3)c2)c1. The van der Waals surface area contributed by atoms with Crippen LogP contribution in [0.4, 0.5) is 0 Å². The highest BCUT2D eigenvalue weighted by Crippen LogP contribution is 2.40. The van der Waals surface area contributed by atoms with Crippen LogP contribution in [0, 0.1) is 6.92 Å². The molecule has 1 N–H and O–H groups in total. The second-order valence-corrected chi connectivity index (χ2v) is 5.14. The van der Waals surface area contributed by atoms with E-state index in [0.717, 1.165) is 16.7 Å². The molecule has 92 valence electrons. The summed E-state index contributed by atoms with van der Waals surface area (Å²) in [4.78, 5) is 4.14. The number of aliphatic hydroxyl groups excluding tert-OH is 1. The molecule has 1 heterocycles. The Morgan fingerprint density at radius 3 is 2.72 bits per heavy atom. The molecular weight excluding hydrogens is 222 g/mol. The standard InChI is InChI=1S/C16H17NO/c1-11-7-15(10-17-9-11)16(18)14-4-2-3-13(8-14)12-5-6-12/h2-4,7-10,12,16,18H,5-6H2,1H3. The van der Waals surface area contributed by atoms with Crippen LogP contribution in [0.1, 0.15) is 47.1 Å². The molecule has 1 aliphatic carbocycles. The van der Waals surface area contributed by atoms with E-state index in [1.807, 2.05) is 25.1 Å². The lowest BCUT2D eigenvalue weighted by atomic mass is 9.99. The molecule has 2 heteroatoms. The van der Waals surface area contributed by atoms with Crippen molar-refractivity contribution in [2.45, 2.75) is 31.8 Å². The molecule has 1 saturated carbocycles. The highest BCUT2D eigenvalue weighted by atomic mass is 16.3. The third kappa shape index (κ3) is 2.29. The summed E-state index contributed by atoms with van der Waals surface area (Å²) < 4.78 is 0. The van der Waals surface area contributed by atoms with Crippen LogP contribution in [0.15, 0.2) is 42.7 Å². The maximum Gasteiger partial charge on any atom is 0.106 e. The second-order valence-electron chi connectivity index (χ2n) is 5.14. The number of hydrogen-bond acceptors (Lipinski definition) is 2. The summed E-state index contributed by atoms with van der Waals surface area (Å²) in [6, 6.07) is 10.3. The van der Waals surface area contributed by atoms with Gasteiger partial charge in [0.05, 0.1) is 0 Å². The van der Waals surface area contributed by atoms with Gasteiger partial charge in [0, 0.05) is 18.0 Å². The first kappa shape index (κ1) is 11.4. The molecule has 0 saturated heterocycles. The normalized spacial score (nSPS) is 16.6. The molecule has 0 radical (unpaired) electrons. The number of aromatic nitrogens is 1. The second kappa shape index (κ2) is 4.54. The Morgan fingerprint density at radius 1 is 1.17 bits per heavy atom. The summed E-state index contributed by atoms with van der Waals surface area (Å²) in [5, 5.41) is 10.4. The number of nitrogens with zero attached hydrogens (tertiary/aromatic N) is 1. The van der Waals surface area contributed by atoms with Crippen LogP contribution in [0.3, 0.4) is 0 Å². The molecule has 0 aliphatic heterocycles. The number of aryl methyl sites for hydroxylation is 1. The van der Waals surface area contributed by atoms with Crippen LogP contribution in [-0.4, -0.2) is 10.1 Å². The molecule has 3 rings (SSSR count).